The number of hydrogen-bond acceptors (Lipinski definition) is 4. The van der Waals surface area contributed by atoms with Crippen LogP contribution < -0.4 is 5.32 Å². The van der Waals surface area contributed by atoms with Gasteiger partial charge in [0.2, 0.25) is 0 Å². The average molecular weight is 367 g/mol. The van der Waals surface area contributed by atoms with Crippen molar-refractivity contribution in [2.45, 2.75) is 38.4 Å². The second-order valence-electron chi connectivity index (χ2n) is 7.94. The number of hydrogen-bond donors (Lipinski definition) is 1. The van der Waals surface area contributed by atoms with Crippen molar-refractivity contribution in [1.82, 2.24) is 24.9 Å². The summed E-state index contributed by atoms with van der Waals surface area (Å²) in [6, 6.07) is 11.4. The molecule has 1 aromatic carbocycles. The van der Waals surface area contributed by atoms with E-state index in [4.69, 9.17) is 0 Å². The van der Waals surface area contributed by atoms with E-state index in [-0.39, 0.29) is 5.91 Å². The maximum absolute atomic E-state index is 12.3. The fourth-order valence-corrected chi connectivity index (χ4v) is 4.18. The molecule has 0 saturated carbocycles. The molecule has 6 nitrogen and oxygen atoms in total. The third kappa shape index (κ3) is 4.06. The Hall–Kier alpha value is -2.18. The minimum absolute atomic E-state index is 0.0723. The molecule has 2 heterocycles. The summed E-state index contributed by atoms with van der Waals surface area (Å²) in [7, 11) is 4.00. The Morgan fingerprint density at radius 3 is 2.89 bits per heavy atom. The van der Waals surface area contributed by atoms with Crippen LogP contribution in [-0.4, -0.2) is 65.3 Å². The Bertz CT molecular complexity index is 813. The van der Waals surface area contributed by atoms with E-state index in [1.807, 2.05) is 24.8 Å². The summed E-state index contributed by atoms with van der Waals surface area (Å²) < 4.78 is 2.01. The van der Waals surface area contributed by atoms with Gasteiger partial charge >= 0.3 is 0 Å². The standard InChI is InChI=1S/C21H29N5O/c1-24(2)10-9-22-21(27)20-14-19-15-25(11-12-26(19)23-20)18-8-7-16-5-3-4-6-17(16)13-18/h3-6,14,18H,7-13,15H2,1-2H3,(H,22,27)/t18-/m1/s1. The molecule has 1 N–H and O–H groups in total. The van der Waals surface area contributed by atoms with Crippen LogP contribution >= 0.6 is 0 Å². The lowest BCUT2D eigenvalue weighted by Crippen LogP contribution is -2.43. The zero-order chi connectivity index (χ0) is 18.8. The van der Waals surface area contributed by atoms with Crippen molar-refractivity contribution in [3.63, 3.8) is 0 Å². The smallest absolute Gasteiger partial charge is 0.271 e. The molecule has 144 valence electrons. The van der Waals surface area contributed by atoms with Gasteiger partial charge in [0.05, 0.1) is 12.2 Å². The number of amides is 1. The number of nitrogens with one attached hydrogen (secondary N) is 1. The SMILES string of the molecule is CN(C)CCNC(=O)c1cc2n(n1)CCN([C@@H]1CCc3ccccc3C1)C2. The van der Waals surface area contributed by atoms with E-state index in [0.717, 1.165) is 44.7 Å². The maximum atomic E-state index is 12.3. The van der Waals surface area contributed by atoms with Crippen molar-refractivity contribution in [3.8, 4) is 0 Å². The molecule has 4 rings (SSSR count). The molecule has 0 spiro atoms. The van der Waals surface area contributed by atoms with Gasteiger partial charge in [0.25, 0.3) is 5.91 Å². The molecule has 1 aromatic heterocycles. The van der Waals surface area contributed by atoms with Crippen LogP contribution in [0.4, 0.5) is 0 Å². The lowest BCUT2D eigenvalue weighted by Gasteiger charge is -2.37. The lowest BCUT2D eigenvalue weighted by molar-refractivity contribution is 0.0944. The number of aromatic nitrogens is 2. The van der Waals surface area contributed by atoms with Crippen LogP contribution in [0, 0.1) is 0 Å². The van der Waals surface area contributed by atoms with Gasteiger partial charge in [-0.05, 0) is 50.6 Å². The number of rotatable bonds is 5. The van der Waals surface area contributed by atoms with Crippen LogP contribution in [0.2, 0.25) is 0 Å². The predicted octanol–water partition coefficient (Wildman–Crippen LogP) is 1.55. The van der Waals surface area contributed by atoms with Gasteiger partial charge in [-0.25, -0.2) is 0 Å². The predicted molar refractivity (Wildman–Crippen MR) is 106 cm³/mol. The summed E-state index contributed by atoms with van der Waals surface area (Å²) >= 11 is 0. The monoisotopic (exact) mass is 367 g/mol. The second-order valence-corrected chi connectivity index (χ2v) is 7.94. The van der Waals surface area contributed by atoms with Crippen LogP contribution in [0.5, 0.6) is 0 Å². The summed E-state index contributed by atoms with van der Waals surface area (Å²) in [6.07, 6.45) is 3.50. The molecular weight excluding hydrogens is 338 g/mol. The molecule has 0 radical (unpaired) electrons. The quantitative estimate of drug-likeness (QED) is 0.871. The van der Waals surface area contributed by atoms with Gasteiger partial charge in [-0.3, -0.25) is 14.4 Å². The summed E-state index contributed by atoms with van der Waals surface area (Å²) in [5, 5.41) is 7.48. The number of carbonyl (C=O) groups excluding carboxylic acids is 1. The molecule has 27 heavy (non-hydrogen) atoms. The minimum Gasteiger partial charge on any atom is -0.349 e. The molecule has 0 unspecified atom stereocenters. The molecule has 1 amide bonds. The van der Waals surface area contributed by atoms with Gasteiger partial charge in [-0.2, -0.15) is 5.10 Å². The number of likely N-dealkylation sites (N-methyl/N-ethyl adjacent to an activating group) is 1. The first-order valence-electron chi connectivity index (χ1n) is 9.90. The zero-order valence-corrected chi connectivity index (χ0v) is 16.3. The van der Waals surface area contributed by atoms with Gasteiger partial charge in [0.15, 0.2) is 0 Å². The highest BCUT2D eigenvalue weighted by Crippen LogP contribution is 2.27. The van der Waals surface area contributed by atoms with E-state index in [9.17, 15) is 4.79 Å². The fraction of sp³-hybridized carbons (Fsp3) is 0.524. The summed E-state index contributed by atoms with van der Waals surface area (Å²) in [6.45, 7) is 4.21. The molecule has 0 bridgehead atoms. The highest BCUT2D eigenvalue weighted by Gasteiger charge is 2.28. The number of fused-ring (bicyclic) bond motifs is 2. The third-order valence-corrected chi connectivity index (χ3v) is 5.74. The third-order valence-electron chi connectivity index (χ3n) is 5.74. The number of carbonyl (C=O) groups is 1. The van der Waals surface area contributed by atoms with Gasteiger partial charge < -0.3 is 10.2 Å². The minimum atomic E-state index is -0.0723. The summed E-state index contributed by atoms with van der Waals surface area (Å²) in [5.74, 6) is -0.0723. The number of benzene rings is 1. The Morgan fingerprint density at radius 2 is 2.07 bits per heavy atom. The van der Waals surface area contributed by atoms with Crippen LogP contribution in [0.15, 0.2) is 30.3 Å². The van der Waals surface area contributed by atoms with Crippen LogP contribution in [0.3, 0.4) is 0 Å². The molecule has 1 aliphatic heterocycles. The van der Waals surface area contributed by atoms with E-state index in [0.29, 0.717) is 18.3 Å². The van der Waals surface area contributed by atoms with E-state index in [1.54, 1.807) is 0 Å². The molecule has 2 aromatic rings. The van der Waals surface area contributed by atoms with Crippen LogP contribution in [0.1, 0.15) is 33.7 Å². The lowest BCUT2D eigenvalue weighted by atomic mass is 9.87. The number of aryl methyl sites for hydroxylation is 1. The topological polar surface area (TPSA) is 53.4 Å². The summed E-state index contributed by atoms with van der Waals surface area (Å²) in [4.78, 5) is 17.0. The van der Waals surface area contributed by atoms with E-state index in [1.165, 1.54) is 17.5 Å². The Labute approximate surface area is 161 Å². The van der Waals surface area contributed by atoms with Crippen molar-refractivity contribution in [2.75, 3.05) is 33.7 Å². The van der Waals surface area contributed by atoms with E-state index >= 15 is 0 Å². The van der Waals surface area contributed by atoms with Gasteiger partial charge in [0.1, 0.15) is 5.69 Å². The zero-order valence-electron chi connectivity index (χ0n) is 16.3. The van der Waals surface area contributed by atoms with E-state index < -0.39 is 0 Å². The molecular formula is C21H29N5O. The molecule has 0 saturated heterocycles. The first-order chi connectivity index (χ1) is 13.1. The first-order valence-corrected chi connectivity index (χ1v) is 9.90. The molecule has 2 aliphatic rings. The average Bonchev–Trinajstić information content (AvgIpc) is 3.10. The Morgan fingerprint density at radius 1 is 1.26 bits per heavy atom. The molecule has 0 fully saturated rings. The van der Waals surface area contributed by atoms with Crippen molar-refractivity contribution < 1.29 is 4.79 Å². The van der Waals surface area contributed by atoms with Gasteiger partial charge in [0, 0.05) is 32.2 Å². The second kappa shape index (κ2) is 7.82. The highest BCUT2D eigenvalue weighted by molar-refractivity contribution is 5.92. The van der Waals surface area contributed by atoms with Crippen LogP contribution in [0.25, 0.3) is 0 Å². The van der Waals surface area contributed by atoms with Crippen molar-refractivity contribution >= 4 is 5.91 Å². The van der Waals surface area contributed by atoms with Gasteiger partial charge in [-0.15, -0.1) is 0 Å². The molecule has 6 heteroatoms. The maximum Gasteiger partial charge on any atom is 0.271 e. The van der Waals surface area contributed by atoms with Gasteiger partial charge in [-0.1, -0.05) is 24.3 Å². The largest absolute Gasteiger partial charge is 0.349 e. The summed E-state index contributed by atoms with van der Waals surface area (Å²) in [5.41, 5.74) is 4.69. The van der Waals surface area contributed by atoms with Crippen molar-refractivity contribution in [2.24, 2.45) is 0 Å². The Balaban J connectivity index is 1.39. The fourth-order valence-electron chi connectivity index (χ4n) is 4.18. The highest BCUT2D eigenvalue weighted by atomic mass is 16.1. The molecule has 1 atom stereocenters. The first kappa shape index (κ1) is 18.2. The Kier molecular flexibility index (Phi) is 5.27. The van der Waals surface area contributed by atoms with E-state index in [2.05, 4.69) is 44.5 Å². The van der Waals surface area contributed by atoms with Crippen molar-refractivity contribution in [3.05, 3.63) is 52.8 Å². The molecule has 1 aliphatic carbocycles. The number of nitrogens with zero attached hydrogens (tertiary/aromatic N) is 4. The normalized spacial score (nSPS) is 19.6. The van der Waals surface area contributed by atoms with Crippen LogP contribution in [-0.2, 0) is 25.9 Å². The van der Waals surface area contributed by atoms with Crippen molar-refractivity contribution in [1.29, 1.82) is 0 Å².